The highest BCUT2D eigenvalue weighted by Crippen LogP contribution is 2.30. The highest BCUT2D eigenvalue weighted by atomic mass is 19.4. The summed E-state index contributed by atoms with van der Waals surface area (Å²) in [7, 11) is 0. The van der Waals surface area contributed by atoms with Crippen molar-refractivity contribution >= 4 is 18.3 Å². The molecule has 8 heteroatoms. The predicted octanol–water partition coefficient (Wildman–Crippen LogP) is 2.39. The smallest absolute Gasteiger partial charge is 0.371 e. The molecule has 0 bridgehead atoms. The van der Waals surface area contributed by atoms with Gasteiger partial charge in [0, 0.05) is 37.7 Å². The van der Waals surface area contributed by atoms with E-state index in [-0.39, 0.29) is 24.1 Å². The van der Waals surface area contributed by atoms with Gasteiger partial charge in [-0.25, -0.2) is 0 Å². The second-order valence-electron chi connectivity index (χ2n) is 5.98. The van der Waals surface area contributed by atoms with Gasteiger partial charge in [0.25, 0.3) is 0 Å². The zero-order valence-electron chi connectivity index (χ0n) is 13.2. The van der Waals surface area contributed by atoms with Crippen LogP contribution in [-0.4, -0.2) is 60.5 Å². The molecule has 24 heavy (non-hydrogen) atoms. The summed E-state index contributed by atoms with van der Waals surface area (Å²) in [5.41, 5.74) is 0.137. The Bertz CT molecular complexity index is 614. The first-order chi connectivity index (χ1) is 11.1. The van der Waals surface area contributed by atoms with Crippen molar-refractivity contribution in [2.75, 3.05) is 26.2 Å². The van der Waals surface area contributed by atoms with Crippen LogP contribution in [0.15, 0.2) is 41.2 Å². The van der Waals surface area contributed by atoms with E-state index in [2.05, 4.69) is 24.9 Å². The first-order valence-electron chi connectivity index (χ1n) is 7.34. The molecule has 2 aliphatic heterocycles. The number of amides is 1. The number of allylic oxidation sites excluding steroid dienone is 2. The van der Waals surface area contributed by atoms with E-state index in [0.717, 1.165) is 6.08 Å². The Morgan fingerprint density at radius 1 is 1.33 bits per heavy atom. The van der Waals surface area contributed by atoms with E-state index in [1.165, 1.54) is 0 Å². The van der Waals surface area contributed by atoms with Crippen LogP contribution in [-0.2, 0) is 4.79 Å². The van der Waals surface area contributed by atoms with Crippen molar-refractivity contribution in [3.05, 3.63) is 36.2 Å². The van der Waals surface area contributed by atoms with Crippen molar-refractivity contribution in [2.24, 2.45) is 10.9 Å². The summed E-state index contributed by atoms with van der Waals surface area (Å²) in [6.07, 6.45) is -3.40. The molecule has 2 aliphatic rings. The largest absolute Gasteiger partial charge is 0.433 e. The molecule has 2 heterocycles. The van der Waals surface area contributed by atoms with Crippen LogP contribution in [0.5, 0.6) is 0 Å². The number of carbonyl (C=O) groups excluding carboxylic acids is 1. The molecule has 0 radical (unpaired) electrons. The first-order valence-corrected chi connectivity index (χ1v) is 7.34. The maximum atomic E-state index is 12.6. The first kappa shape index (κ1) is 18.0. The van der Waals surface area contributed by atoms with E-state index in [9.17, 15) is 18.0 Å². The van der Waals surface area contributed by atoms with Gasteiger partial charge in [-0.3, -0.25) is 9.79 Å². The molecule has 0 aromatic carbocycles. The topological polar surface area (TPSA) is 59.8 Å². The van der Waals surface area contributed by atoms with Crippen LogP contribution in [0.3, 0.4) is 0 Å². The van der Waals surface area contributed by atoms with Crippen molar-refractivity contribution in [3.63, 3.8) is 0 Å². The minimum Gasteiger partial charge on any atom is -0.371 e. The number of carbonyl (C=O) groups is 1. The summed E-state index contributed by atoms with van der Waals surface area (Å²) in [6.45, 7) is 11.9. The quantitative estimate of drug-likeness (QED) is 0.617. The number of hydrogen-bond donors (Lipinski definition) is 1. The third-order valence-corrected chi connectivity index (χ3v) is 4.10. The number of alkyl halides is 3. The summed E-state index contributed by atoms with van der Waals surface area (Å²) in [5.74, 6) is 0.00432. The third-order valence-electron chi connectivity index (χ3n) is 4.10. The number of nitrogens with zero attached hydrogens (tertiary/aromatic N) is 3. The fourth-order valence-corrected chi connectivity index (χ4v) is 2.64. The van der Waals surface area contributed by atoms with Gasteiger partial charge in [0.2, 0.25) is 5.91 Å². The van der Waals surface area contributed by atoms with Crippen LogP contribution >= 0.6 is 0 Å². The fourth-order valence-electron chi connectivity index (χ4n) is 2.64. The molecule has 2 fully saturated rings. The van der Waals surface area contributed by atoms with Gasteiger partial charge in [-0.15, -0.1) is 0 Å². The summed E-state index contributed by atoms with van der Waals surface area (Å²) in [6, 6.07) is 0. The number of nitrogens with one attached hydrogen (secondary N) is 1. The average molecular weight is 340 g/mol. The Kier molecular flexibility index (Phi) is 4.96. The second kappa shape index (κ2) is 6.62. The van der Waals surface area contributed by atoms with Crippen molar-refractivity contribution in [2.45, 2.75) is 12.6 Å². The van der Waals surface area contributed by atoms with E-state index >= 15 is 0 Å². The van der Waals surface area contributed by atoms with Crippen LogP contribution in [0.4, 0.5) is 13.2 Å². The van der Waals surface area contributed by atoms with E-state index in [4.69, 9.17) is 5.41 Å². The van der Waals surface area contributed by atoms with Gasteiger partial charge < -0.3 is 15.2 Å². The monoisotopic (exact) mass is 340 g/mol. The molecule has 0 unspecified atom stereocenters. The summed E-state index contributed by atoms with van der Waals surface area (Å²) < 4.78 is 37.8. The summed E-state index contributed by atoms with van der Waals surface area (Å²) >= 11 is 0. The Labute approximate surface area is 138 Å². The Morgan fingerprint density at radius 2 is 1.96 bits per heavy atom. The molecule has 0 aromatic rings. The van der Waals surface area contributed by atoms with Crippen LogP contribution in [0.2, 0.25) is 0 Å². The number of hydrogen-bond acceptors (Lipinski definition) is 4. The molecule has 5 nitrogen and oxygen atoms in total. The Morgan fingerprint density at radius 3 is 2.42 bits per heavy atom. The molecule has 0 aliphatic carbocycles. The molecular weight excluding hydrogens is 321 g/mol. The van der Waals surface area contributed by atoms with Gasteiger partial charge in [0.05, 0.1) is 12.3 Å². The molecule has 1 N–H and O–H groups in total. The molecular formula is C16H19F3N4O. The minimum absolute atomic E-state index is 0.0621. The SMILES string of the molecule is C=N/C(=C\C(=C)N1CC(CC(=O)N2CC(=C)C(=N)C2)C1)C(F)(F)F. The lowest BCUT2D eigenvalue weighted by atomic mass is 9.95. The van der Waals surface area contributed by atoms with E-state index in [0.29, 0.717) is 37.3 Å². The lowest BCUT2D eigenvalue weighted by Crippen LogP contribution is -2.47. The predicted molar refractivity (Wildman–Crippen MR) is 86.0 cm³/mol. The van der Waals surface area contributed by atoms with Gasteiger partial charge in [-0.1, -0.05) is 13.2 Å². The highest BCUT2D eigenvalue weighted by molar-refractivity contribution is 6.04. The van der Waals surface area contributed by atoms with E-state index in [1.807, 2.05) is 0 Å². The summed E-state index contributed by atoms with van der Waals surface area (Å²) in [5, 5.41) is 7.62. The van der Waals surface area contributed by atoms with Crippen LogP contribution in [0.25, 0.3) is 0 Å². The van der Waals surface area contributed by atoms with Crippen molar-refractivity contribution in [1.82, 2.24) is 9.80 Å². The number of halogens is 3. The van der Waals surface area contributed by atoms with Gasteiger partial charge in [0.15, 0.2) is 0 Å². The van der Waals surface area contributed by atoms with Gasteiger partial charge in [-0.2, -0.15) is 13.2 Å². The minimum atomic E-state index is -4.56. The third kappa shape index (κ3) is 3.93. The zero-order chi connectivity index (χ0) is 18.1. The van der Waals surface area contributed by atoms with Gasteiger partial charge in [0.1, 0.15) is 5.70 Å². The van der Waals surface area contributed by atoms with E-state index < -0.39 is 11.9 Å². The van der Waals surface area contributed by atoms with Crippen molar-refractivity contribution in [3.8, 4) is 0 Å². The lowest BCUT2D eigenvalue weighted by molar-refractivity contribution is -0.131. The maximum absolute atomic E-state index is 12.6. The molecule has 1 amide bonds. The fraction of sp³-hybridized carbons (Fsp3) is 0.438. The molecule has 130 valence electrons. The number of rotatable bonds is 5. The molecule has 0 saturated carbocycles. The second-order valence-corrected chi connectivity index (χ2v) is 5.98. The Hall–Kier alpha value is -2.38. The number of aliphatic imine (C=N–C) groups is 1. The summed E-state index contributed by atoms with van der Waals surface area (Å²) in [4.78, 5) is 18.4. The molecule has 2 saturated heterocycles. The zero-order valence-corrected chi connectivity index (χ0v) is 13.2. The molecule has 0 atom stereocenters. The van der Waals surface area contributed by atoms with Gasteiger partial charge in [-0.05, 0) is 18.4 Å². The Balaban J connectivity index is 1.83. The normalized spacial score (nSPS) is 19.5. The van der Waals surface area contributed by atoms with Crippen molar-refractivity contribution in [1.29, 1.82) is 5.41 Å². The highest BCUT2D eigenvalue weighted by Gasteiger charge is 2.36. The molecule has 0 spiro atoms. The molecule has 2 rings (SSSR count). The van der Waals surface area contributed by atoms with Crippen molar-refractivity contribution < 1.29 is 18.0 Å². The van der Waals surface area contributed by atoms with E-state index in [1.54, 1.807) is 9.80 Å². The average Bonchev–Trinajstić information content (AvgIpc) is 2.77. The standard InChI is InChI=1S/C16H19F3N4O/c1-10-6-23(9-13(10)20)15(24)5-12-7-22(8-12)11(2)4-14(21-3)16(17,18)19/h4,12,20H,1-3,5-9H2/b14-4-,20-13?. The van der Waals surface area contributed by atoms with Crippen LogP contribution in [0, 0.1) is 11.3 Å². The molecule has 0 aromatic heterocycles. The maximum Gasteiger partial charge on any atom is 0.433 e. The van der Waals surface area contributed by atoms with Gasteiger partial charge >= 0.3 is 6.18 Å². The van der Waals surface area contributed by atoms with Crippen LogP contribution in [0.1, 0.15) is 6.42 Å². The van der Waals surface area contributed by atoms with Crippen LogP contribution < -0.4 is 0 Å². The lowest BCUT2D eigenvalue weighted by Gasteiger charge is -2.41. The number of likely N-dealkylation sites (tertiary alicyclic amines) is 2.